The van der Waals surface area contributed by atoms with Gasteiger partial charge in [0.1, 0.15) is 6.61 Å². The van der Waals surface area contributed by atoms with Gasteiger partial charge in [-0.15, -0.1) is 0 Å². The lowest BCUT2D eigenvalue weighted by molar-refractivity contribution is -0.145. The van der Waals surface area contributed by atoms with Crippen LogP contribution in [0.1, 0.15) is 48.4 Å². The summed E-state index contributed by atoms with van der Waals surface area (Å²) in [5.41, 5.74) is 3.70. The molecule has 4 nitrogen and oxygen atoms in total. The van der Waals surface area contributed by atoms with Crippen molar-refractivity contribution in [2.75, 3.05) is 13.2 Å². The molecular weight excluding hydrogens is 356 g/mol. The molecule has 0 amide bonds. The van der Waals surface area contributed by atoms with E-state index in [0.717, 1.165) is 24.8 Å². The molecule has 0 aromatic heterocycles. The number of benzene rings is 2. The molecule has 0 aliphatic heterocycles. The maximum absolute atomic E-state index is 12.3. The molecule has 0 heterocycles. The third-order valence-electron chi connectivity index (χ3n) is 4.96. The van der Waals surface area contributed by atoms with Gasteiger partial charge >= 0.3 is 5.97 Å². The summed E-state index contributed by atoms with van der Waals surface area (Å²) in [5.74, 6) is -0.402. The molecule has 0 spiro atoms. The smallest absolute Gasteiger partial charge is 0.313 e. The first-order valence-corrected chi connectivity index (χ1v) is 9.93. The number of fused-ring (bicyclic) bond motifs is 1. The molecule has 2 atom stereocenters. The molecule has 0 radical (unpaired) electrons. The van der Waals surface area contributed by atoms with Gasteiger partial charge in [-0.2, -0.15) is 0 Å². The summed E-state index contributed by atoms with van der Waals surface area (Å²) in [6, 6.07) is 18.5. The fourth-order valence-corrected chi connectivity index (χ4v) is 3.80. The largest absolute Gasteiger partial charge is 0.463 e. The van der Waals surface area contributed by atoms with Crippen LogP contribution in [0.4, 0.5) is 0 Å². The van der Waals surface area contributed by atoms with Crippen LogP contribution < -0.4 is 10.6 Å². The van der Waals surface area contributed by atoms with Gasteiger partial charge in [-0.05, 0) is 48.2 Å². The lowest BCUT2D eigenvalue weighted by Crippen LogP contribution is -2.39. The van der Waals surface area contributed by atoms with Gasteiger partial charge in [-0.3, -0.25) is 4.79 Å². The normalized spacial score (nSPS) is 16.3. The van der Waals surface area contributed by atoms with Crippen LogP contribution >= 0.6 is 12.2 Å². The highest BCUT2D eigenvalue weighted by Gasteiger charge is 2.22. The first-order valence-electron chi connectivity index (χ1n) is 9.52. The molecule has 142 valence electrons. The van der Waals surface area contributed by atoms with E-state index < -0.39 is 0 Å². The fourth-order valence-electron chi connectivity index (χ4n) is 3.56. The Labute approximate surface area is 166 Å². The number of hydrogen-bond acceptors (Lipinski definition) is 3. The number of nitrogens with one attached hydrogen (secondary N) is 2. The first kappa shape index (κ1) is 19.4. The van der Waals surface area contributed by atoms with Crippen molar-refractivity contribution in [3.05, 3.63) is 71.3 Å². The summed E-state index contributed by atoms with van der Waals surface area (Å²) < 4.78 is 5.44. The molecule has 2 N–H and O–H groups in total. The number of aryl methyl sites for hydroxylation is 1. The van der Waals surface area contributed by atoms with E-state index in [-0.39, 0.29) is 17.9 Å². The second-order valence-electron chi connectivity index (χ2n) is 6.73. The Balaban J connectivity index is 1.40. The van der Waals surface area contributed by atoms with Crippen molar-refractivity contribution in [1.82, 2.24) is 10.6 Å². The van der Waals surface area contributed by atoms with Gasteiger partial charge in [0.25, 0.3) is 0 Å². The Bertz CT molecular complexity index is 779. The van der Waals surface area contributed by atoms with Crippen molar-refractivity contribution in [3.63, 3.8) is 0 Å². The summed E-state index contributed by atoms with van der Waals surface area (Å²) in [4.78, 5) is 12.3. The highest BCUT2D eigenvalue weighted by molar-refractivity contribution is 7.80. The zero-order valence-electron chi connectivity index (χ0n) is 15.6. The molecule has 3 rings (SSSR count). The van der Waals surface area contributed by atoms with E-state index in [2.05, 4.69) is 34.9 Å². The van der Waals surface area contributed by atoms with Gasteiger partial charge in [0.2, 0.25) is 0 Å². The van der Waals surface area contributed by atoms with Crippen LogP contribution in [0, 0.1) is 0 Å². The summed E-state index contributed by atoms with van der Waals surface area (Å²) in [6.07, 6.45) is 2.84. The lowest BCUT2D eigenvalue weighted by atomic mass is 9.97. The van der Waals surface area contributed by atoms with Gasteiger partial charge < -0.3 is 15.4 Å². The molecule has 1 aliphatic rings. The van der Waals surface area contributed by atoms with E-state index in [1.807, 2.05) is 37.3 Å². The average molecular weight is 383 g/mol. The molecule has 0 saturated carbocycles. The maximum atomic E-state index is 12.3. The van der Waals surface area contributed by atoms with E-state index in [1.54, 1.807) is 0 Å². The van der Waals surface area contributed by atoms with Crippen molar-refractivity contribution in [3.8, 4) is 0 Å². The number of esters is 1. The molecule has 2 aromatic carbocycles. The maximum Gasteiger partial charge on any atom is 0.313 e. The second kappa shape index (κ2) is 9.51. The fraction of sp³-hybridized carbons (Fsp3) is 0.364. The number of carbonyl (C=O) groups excluding carboxylic acids is 1. The molecular formula is C22H26N2O2S. The highest BCUT2D eigenvalue weighted by atomic mass is 32.1. The van der Waals surface area contributed by atoms with Crippen molar-refractivity contribution < 1.29 is 9.53 Å². The van der Waals surface area contributed by atoms with E-state index in [0.29, 0.717) is 18.3 Å². The zero-order chi connectivity index (χ0) is 19.1. The second-order valence-corrected chi connectivity index (χ2v) is 7.14. The van der Waals surface area contributed by atoms with Crippen LogP contribution in [0.2, 0.25) is 0 Å². The number of ether oxygens (including phenoxy) is 1. The number of rotatable bonds is 7. The van der Waals surface area contributed by atoms with Crippen LogP contribution in [-0.2, 0) is 16.0 Å². The minimum Gasteiger partial charge on any atom is -0.463 e. The van der Waals surface area contributed by atoms with E-state index >= 15 is 0 Å². The minimum atomic E-state index is -0.216. The third-order valence-corrected chi connectivity index (χ3v) is 5.23. The zero-order valence-corrected chi connectivity index (χ0v) is 16.4. The molecule has 5 heteroatoms. The molecule has 0 saturated heterocycles. The number of hydrogen-bond donors (Lipinski definition) is 2. The van der Waals surface area contributed by atoms with Gasteiger partial charge in [-0.1, -0.05) is 61.5 Å². The Morgan fingerprint density at radius 2 is 1.93 bits per heavy atom. The van der Waals surface area contributed by atoms with Crippen LogP contribution in [-0.4, -0.2) is 24.2 Å². The monoisotopic (exact) mass is 382 g/mol. The topological polar surface area (TPSA) is 50.4 Å². The number of thiocarbonyl (C=S) groups is 1. The molecule has 0 fully saturated rings. The average Bonchev–Trinajstić information content (AvgIpc) is 3.10. The summed E-state index contributed by atoms with van der Waals surface area (Å²) in [7, 11) is 0. The van der Waals surface area contributed by atoms with E-state index in [1.165, 1.54) is 11.1 Å². The van der Waals surface area contributed by atoms with E-state index in [9.17, 15) is 4.79 Å². The Hall–Kier alpha value is -2.40. The van der Waals surface area contributed by atoms with Gasteiger partial charge in [0.15, 0.2) is 5.11 Å². The summed E-state index contributed by atoms with van der Waals surface area (Å²) >= 11 is 5.39. The molecule has 2 aromatic rings. The molecule has 0 bridgehead atoms. The Morgan fingerprint density at radius 1 is 1.19 bits per heavy atom. The highest BCUT2D eigenvalue weighted by Crippen LogP contribution is 2.30. The lowest BCUT2D eigenvalue weighted by Gasteiger charge is -2.18. The first-order chi connectivity index (χ1) is 13.2. The molecule has 1 unspecified atom stereocenters. The van der Waals surface area contributed by atoms with Crippen molar-refractivity contribution in [1.29, 1.82) is 0 Å². The van der Waals surface area contributed by atoms with Crippen molar-refractivity contribution in [2.45, 2.75) is 38.1 Å². The predicted molar refractivity (Wildman–Crippen MR) is 112 cm³/mol. The van der Waals surface area contributed by atoms with Crippen molar-refractivity contribution >= 4 is 23.3 Å². The van der Waals surface area contributed by atoms with E-state index in [4.69, 9.17) is 17.0 Å². The van der Waals surface area contributed by atoms with Crippen LogP contribution in [0.25, 0.3) is 0 Å². The molecule has 27 heavy (non-hydrogen) atoms. The van der Waals surface area contributed by atoms with Crippen molar-refractivity contribution in [2.24, 2.45) is 0 Å². The van der Waals surface area contributed by atoms with Crippen LogP contribution in [0.3, 0.4) is 0 Å². The van der Waals surface area contributed by atoms with Crippen LogP contribution in [0.5, 0.6) is 0 Å². The van der Waals surface area contributed by atoms with Gasteiger partial charge in [-0.25, -0.2) is 0 Å². The van der Waals surface area contributed by atoms with Crippen LogP contribution in [0.15, 0.2) is 54.6 Å². The summed E-state index contributed by atoms with van der Waals surface area (Å²) in [6.45, 7) is 2.79. The Morgan fingerprint density at radius 3 is 2.70 bits per heavy atom. The Kier molecular flexibility index (Phi) is 6.82. The predicted octanol–water partition coefficient (Wildman–Crippen LogP) is 3.88. The van der Waals surface area contributed by atoms with Gasteiger partial charge in [0, 0.05) is 0 Å². The SMILES string of the molecule is CCC(C(=O)OCCNC(=S)N[C@H]1CCc2ccccc21)c1ccccc1. The molecule has 1 aliphatic carbocycles. The van der Waals surface area contributed by atoms with Gasteiger partial charge in [0.05, 0.1) is 18.5 Å². The third kappa shape index (κ3) is 5.07. The number of carbonyl (C=O) groups is 1. The standard InChI is InChI=1S/C22H26N2O2S/c1-2-18(16-8-4-3-5-9-16)21(25)26-15-14-23-22(27)24-20-13-12-17-10-6-7-11-19(17)20/h3-11,18,20H,2,12-15H2,1H3,(H2,23,24,27)/t18?,20-/m0/s1. The minimum absolute atomic E-state index is 0.186. The quantitative estimate of drug-likeness (QED) is 0.432. The summed E-state index contributed by atoms with van der Waals surface area (Å²) in [5, 5.41) is 7.10.